The molecule has 0 amide bonds. The number of fused-ring (bicyclic) bond motifs is 1. The smallest absolute Gasteiger partial charge is 0.125 e. The molecule has 4 aromatic rings. The summed E-state index contributed by atoms with van der Waals surface area (Å²) in [6.45, 7) is 0. The van der Waals surface area contributed by atoms with Gasteiger partial charge in [0.15, 0.2) is 0 Å². The second-order valence-electron chi connectivity index (χ2n) is 6.09. The predicted molar refractivity (Wildman–Crippen MR) is 102 cm³/mol. The van der Waals surface area contributed by atoms with Crippen LogP contribution in [0.2, 0.25) is 0 Å². The Hall–Kier alpha value is -3.13. The zero-order chi connectivity index (χ0) is 17.1. The van der Waals surface area contributed by atoms with Crippen LogP contribution in [0, 0.1) is 5.82 Å². The average Bonchev–Trinajstić information content (AvgIpc) is 3.06. The van der Waals surface area contributed by atoms with E-state index in [9.17, 15) is 4.39 Å². The molecule has 0 fully saturated rings. The van der Waals surface area contributed by atoms with Crippen molar-refractivity contribution in [2.45, 2.75) is 5.92 Å². The van der Waals surface area contributed by atoms with Crippen LogP contribution in [0.1, 0.15) is 22.6 Å². The van der Waals surface area contributed by atoms with Crippen LogP contribution in [0.4, 0.5) is 4.39 Å². The second kappa shape index (κ2) is 6.78. The van der Waals surface area contributed by atoms with Crippen LogP contribution in [0.5, 0.6) is 0 Å². The third-order valence-electron chi connectivity index (χ3n) is 4.45. The SMILES string of the molecule is Fc1ccc2c([C@H](/C=C/c3ccccc3)c3ccccc3)c[nH]c2c1. The van der Waals surface area contributed by atoms with Crippen molar-refractivity contribution in [2.24, 2.45) is 0 Å². The van der Waals surface area contributed by atoms with Gasteiger partial charge in [0.25, 0.3) is 0 Å². The van der Waals surface area contributed by atoms with E-state index >= 15 is 0 Å². The molecule has 0 saturated heterocycles. The van der Waals surface area contributed by atoms with Gasteiger partial charge in [-0.05, 0) is 34.9 Å². The van der Waals surface area contributed by atoms with E-state index in [2.05, 4.69) is 41.4 Å². The summed E-state index contributed by atoms with van der Waals surface area (Å²) in [4.78, 5) is 3.20. The molecule has 0 spiro atoms. The van der Waals surface area contributed by atoms with E-state index in [-0.39, 0.29) is 11.7 Å². The standard InChI is InChI=1S/C23H18FN/c24-19-12-14-21-22(16-25-23(21)15-19)20(18-9-5-2-6-10-18)13-11-17-7-3-1-4-8-17/h1-16,20,25H/b13-11+/t20-/m1/s1. The van der Waals surface area contributed by atoms with E-state index in [1.54, 1.807) is 6.07 Å². The van der Waals surface area contributed by atoms with Crippen LogP contribution < -0.4 is 0 Å². The highest BCUT2D eigenvalue weighted by Gasteiger charge is 2.15. The molecule has 0 unspecified atom stereocenters. The van der Waals surface area contributed by atoms with E-state index in [0.717, 1.165) is 22.0 Å². The predicted octanol–water partition coefficient (Wildman–Crippen LogP) is 6.15. The topological polar surface area (TPSA) is 15.8 Å². The molecule has 25 heavy (non-hydrogen) atoms. The normalized spacial score (nSPS) is 12.7. The molecule has 1 atom stereocenters. The van der Waals surface area contributed by atoms with Gasteiger partial charge < -0.3 is 4.98 Å². The lowest BCUT2D eigenvalue weighted by Gasteiger charge is -2.13. The van der Waals surface area contributed by atoms with E-state index in [0.29, 0.717) is 0 Å². The molecule has 1 nitrogen and oxygen atoms in total. The number of benzene rings is 3. The first kappa shape index (κ1) is 15.4. The minimum Gasteiger partial charge on any atom is -0.361 e. The van der Waals surface area contributed by atoms with Gasteiger partial charge in [-0.3, -0.25) is 0 Å². The first-order valence-electron chi connectivity index (χ1n) is 8.36. The van der Waals surface area contributed by atoms with Crippen molar-refractivity contribution < 1.29 is 4.39 Å². The van der Waals surface area contributed by atoms with Crippen LogP contribution in [0.3, 0.4) is 0 Å². The highest BCUT2D eigenvalue weighted by atomic mass is 19.1. The summed E-state index contributed by atoms with van der Waals surface area (Å²) >= 11 is 0. The van der Waals surface area contributed by atoms with Crippen molar-refractivity contribution in [2.75, 3.05) is 0 Å². The number of aromatic amines is 1. The van der Waals surface area contributed by atoms with Crippen molar-refractivity contribution in [3.8, 4) is 0 Å². The fourth-order valence-corrected chi connectivity index (χ4v) is 3.20. The van der Waals surface area contributed by atoms with Crippen molar-refractivity contribution in [3.05, 3.63) is 114 Å². The largest absolute Gasteiger partial charge is 0.361 e. The quantitative estimate of drug-likeness (QED) is 0.462. The number of aromatic nitrogens is 1. The van der Waals surface area contributed by atoms with E-state index in [1.165, 1.54) is 11.6 Å². The third-order valence-corrected chi connectivity index (χ3v) is 4.45. The summed E-state index contributed by atoms with van der Waals surface area (Å²) < 4.78 is 13.5. The number of rotatable bonds is 4. The monoisotopic (exact) mass is 327 g/mol. The fourth-order valence-electron chi connectivity index (χ4n) is 3.20. The second-order valence-corrected chi connectivity index (χ2v) is 6.09. The van der Waals surface area contributed by atoms with Crippen molar-refractivity contribution in [3.63, 3.8) is 0 Å². The summed E-state index contributed by atoms with van der Waals surface area (Å²) in [6, 6.07) is 25.5. The van der Waals surface area contributed by atoms with Crippen LogP contribution in [0.15, 0.2) is 91.1 Å². The molecule has 0 radical (unpaired) electrons. The summed E-state index contributed by atoms with van der Waals surface area (Å²) in [7, 11) is 0. The Labute approximate surface area is 146 Å². The minimum absolute atomic E-state index is 0.0978. The van der Waals surface area contributed by atoms with E-state index < -0.39 is 0 Å². The van der Waals surface area contributed by atoms with Crippen LogP contribution >= 0.6 is 0 Å². The maximum Gasteiger partial charge on any atom is 0.125 e. The van der Waals surface area contributed by atoms with Gasteiger partial charge in [-0.1, -0.05) is 72.8 Å². The molecule has 1 N–H and O–H groups in total. The molecule has 122 valence electrons. The average molecular weight is 327 g/mol. The first-order valence-corrected chi connectivity index (χ1v) is 8.36. The van der Waals surface area contributed by atoms with Gasteiger partial charge in [-0.15, -0.1) is 0 Å². The van der Waals surface area contributed by atoms with Gasteiger partial charge in [-0.25, -0.2) is 4.39 Å². The highest BCUT2D eigenvalue weighted by molar-refractivity contribution is 5.84. The number of hydrogen-bond acceptors (Lipinski definition) is 0. The zero-order valence-corrected chi connectivity index (χ0v) is 13.7. The number of halogens is 1. The molecule has 4 rings (SSSR count). The van der Waals surface area contributed by atoms with Crippen LogP contribution in [-0.2, 0) is 0 Å². The Kier molecular flexibility index (Phi) is 4.17. The molecular weight excluding hydrogens is 309 g/mol. The molecular formula is C23H18FN. The summed E-state index contributed by atoms with van der Waals surface area (Å²) in [5.41, 5.74) is 4.34. The molecule has 0 saturated carbocycles. The molecule has 3 aromatic carbocycles. The lowest BCUT2D eigenvalue weighted by molar-refractivity contribution is 0.629. The van der Waals surface area contributed by atoms with Crippen LogP contribution in [-0.4, -0.2) is 4.98 Å². The maximum atomic E-state index is 13.5. The highest BCUT2D eigenvalue weighted by Crippen LogP contribution is 2.32. The summed E-state index contributed by atoms with van der Waals surface area (Å²) in [6.07, 6.45) is 6.33. The van der Waals surface area contributed by atoms with Crippen molar-refractivity contribution in [1.82, 2.24) is 4.98 Å². The minimum atomic E-state index is -0.225. The molecule has 1 aromatic heterocycles. The Morgan fingerprint density at radius 3 is 2.32 bits per heavy atom. The Bertz CT molecular complexity index is 1000. The van der Waals surface area contributed by atoms with Gasteiger partial charge in [0, 0.05) is 23.0 Å². The van der Waals surface area contributed by atoms with E-state index in [1.807, 2.05) is 48.7 Å². The number of allylic oxidation sites excluding steroid dienone is 1. The molecule has 0 aliphatic rings. The Morgan fingerprint density at radius 1 is 0.840 bits per heavy atom. The van der Waals surface area contributed by atoms with Crippen molar-refractivity contribution >= 4 is 17.0 Å². The van der Waals surface area contributed by atoms with Gasteiger partial charge in [0.2, 0.25) is 0 Å². The first-order chi connectivity index (χ1) is 12.3. The summed E-state index contributed by atoms with van der Waals surface area (Å²) in [5.74, 6) is -0.127. The van der Waals surface area contributed by atoms with Crippen LogP contribution in [0.25, 0.3) is 17.0 Å². The van der Waals surface area contributed by atoms with Gasteiger partial charge in [-0.2, -0.15) is 0 Å². The third kappa shape index (κ3) is 3.24. The molecule has 0 aliphatic carbocycles. The number of hydrogen-bond donors (Lipinski definition) is 1. The maximum absolute atomic E-state index is 13.5. The Balaban J connectivity index is 1.81. The lowest BCUT2D eigenvalue weighted by atomic mass is 9.90. The van der Waals surface area contributed by atoms with Gasteiger partial charge in [0.05, 0.1) is 0 Å². The number of nitrogens with one attached hydrogen (secondary N) is 1. The molecule has 1 heterocycles. The fraction of sp³-hybridized carbons (Fsp3) is 0.0435. The molecule has 2 heteroatoms. The number of H-pyrrole nitrogens is 1. The van der Waals surface area contributed by atoms with Gasteiger partial charge >= 0.3 is 0 Å². The molecule has 0 aliphatic heterocycles. The van der Waals surface area contributed by atoms with E-state index in [4.69, 9.17) is 0 Å². The zero-order valence-electron chi connectivity index (χ0n) is 13.7. The Morgan fingerprint density at radius 2 is 1.56 bits per heavy atom. The lowest BCUT2D eigenvalue weighted by Crippen LogP contribution is -1.96. The van der Waals surface area contributed by atoms with Gasteiger partial charge in [0.1, 0.15) is 5.82 Å². The molecule has 0 bridgehead atoms. The van der Waals surface area contributed by atoms with Crippen molar-refractivity contribution in [1.29, 1.82) is 0 Å². The summed E-state index contributed by atoms with van der Waals surface area (Å²) in [5, 5.41) is 1.05.